The Balaban J connectivity index is 1.73. The van der Waals surface area contributed by atoms with Crippen LogP contribution in [-0.4, -0.2) is 17.7 Å². The molecule has 84 valence electrons. The fourth-order valence-corrected chi connectivity index (χ4v) is 1.65. The molecule has 2 rings (SSSR count). The van der Waals surface area contributed by atoms with E-state index in [1.165, 1.54) is 0 Å². The van der Waals surface area contributed by atoms with E-state index in [2.05, 4.69) is 0 Å². The van der Waals surface area contributed by atoms with Crippen molar-refractivity contribution in [1.29, 1.82) is 0 Å². The van der Waals surface area contributed by atoms with Gasteiger partial charge < -0.3 is 9.84 Å². The summed E-state index contributed by atoms with van der Waals surface area (Å²) in [5.74, 6) is 0.524. The molecule has 3 heteroatoms. The molecule has 1 aromatic rings. The van der Waals surface area contributed by atoms with Gasteiger partial charge in [0.05, 0.1) is 17.9 Å². The number of allylic oxidation sites excluding steroid dienone is 2. The highest BCUT2D eigenvalue weighted by Gasteiger charge is 2.18. The summed E-state index contributed by atoms with van der Waals surface area (Å²) in [7, 11) is 0. The van der Waals surface area contributed by atoms with E-state index in [9.17, 15) is 4.79 Å². The fraction of sp³-hybridized carbons (Fsp3) is 0.308. The zero-order valence-electron chi connectivity index (χ0n) is 8.93. The highest BCUT2D eigenvalue weighted by molar-refractivity contribution is 5.89. The Labute approximate surface area is 94.4 Å². The monoisotopic (exact) mass is 218 g/mol. The molecule has 0 aliphatic heterocycles. The van der Waals surface area contributed by atoms with Crippen LogP contribution in [0.3, 0.4) is 0 Å². The van der Waals surface area contributed by atoms with Crippen LogP contribution < -0.4 is 0 Å². The quantitative estimate of drug-likeness (QED) is 0.790. The van der Waals surface area contributed by atoms with Gasteiger partial charge in [-0.3, -0.25) is 0 Å². The van der Waals surface area contributed by atoms with E-state index >= 15 is 0 Å². The molecule has 0 saturated heterocycles. The fourth-order valence-electron chi connectivity index (χ4n) is 1.65. The Kier molecular flexibility index (Phi) is 3.25. The van der Waals surface area contributed by atoms with Crippen LogP contribution in [0.2, 0.25) is 0 Å². The number of hydrogen-bond donors (Lipinski definition) is 1. The van der Waals surface area contributed by atoms with Gasteiger partial charge in [0.1, 0.15) is 0 Å². The number of ether oxygens (including phenoxy) is 1. The van der Waals surface area contributed by atoms with E-state index in [4.69, 9.17) is 9.84 Å². The van der Waals surface area contributed by atoms with E-state index < -0.39 is 0 Å². The number of esters is 1. The number of aliphatic hydroxyl groups is 1. The van der Waals surface area contributed by atoms with Crippen molar-refractivity contribution in [2.45, 2.75) is 12.8 Å². The number of hydrogen-bond acceptors (Lipinski definition) is 3. The standard InChI is InChI=1S/C13H14O3/c14-12-8-10(9-12)6-7-16-13(15)11-4-2-1-3-5-11/h1-5,8,10,14H,6-7,9H2. The molecule has 0 bridgehead atoms. The normalized spacial score (nSPS) is 18.5. The Morgan fingerprint density at radius 3 is 2.69 bits per heavy atom. The lowest BCUT2D eigenvalue weighted by Crippen LogP contribution is -2.14. The summed E-state index contributed by atoms with van der Waals surface area (Å²) in [5, 5.41) is 8.96. The van der Waals surface area contributed by atoms with Crippen LogP contribution in [0.15, 0.2) is 42.2 Å². The van der Waals surface area contributed by atoms with Crippen LogP contribution in [0.1, 0.15) is 23.2 Å². The summed E-state index contributed by atoms with van der Waals surface area (Å²) in [4.78, 5) is 11.5. The third-order valence-corrected chi connectivity index (χ3v) is 2.63. The van der Waals surface area contributed by atoms with Crippen molar-refractivity contribution in [3.8, 4) is 0 Å². The molecular formula is C13H14O3. The first kappa shape index (κ1) is 10.7. The van der Waals surface area contributed by atoms with Gasteiger partial charge in [-0.15, -0.1) is 0 Å². The van der Waals surface area contributed by atoms with Crippen LogP contribution in [0.25, 0.3) is 0 Å². The zero-order valence-corrected chi connectivity index (χ0v) is 8.93. The van der Waals surface area contributed by atoms with Gasteiger partial charge in [0.15, 0.2) is 0 Å². The molecule has 0 aromatic heterocycles. The molecule has 0 saturated carbocycles. The van der Waals surface area contributed by atoms with Crippen molar-refractivity contribution < 1.29 is 14.6 Å². The number of benzene rings is 1. The Bertz CT molecular complexity index is 395. The summed E-state index contributed by atoms with van der Waals surface area (Å²) in [6.45, 7) is 0.405. The van der Waals surface area contributed by atoms with Gasteiger partial charge in [-0.05, 0) is 30.5 Å². The predicted octanol–water partition coefficient (Wildman–Crippen LogP) is 2.70. The van der Waals surface area contributed by atoms with Gasteiger partial charge in [0, 0.05) is 6.42 Å². The molecule has 0 radical (unpaired) electrons. The van der Waals surface area contributed by atoms with Gasteiger partial charge in [-0.2, -0.15) is 0 Å². The molecule has 1 unspecified atom stereocenters. The Morgan fingerprint density at radius 1 is 1.38 bits per heavy atom. The third kappa shape index (κ3) is 2.63. The van der Waals surface area contributed by atoms with Crippen LogP contribution in [0, 0.1) is 5.92 Å². The molecule has 16 heavy (non-hydrogen) atoms. The molecule has 0 spiro atoms. The number of carbonyl (C=O) groups is 1. The lowest BCUT2D eigenvalue weighted by atomic mass is 9.90. The predicted molar refractivity (Wildman–Crippen MR) is 60.2 cm³/mol. The average Bonchev–Trinajstić information content (AvgIpc) is 2.27. The summed E-state index contributed by atoms with van der Waals surface area (Å²) < 4.78 is 5.12. The summed E-state index contributed by atoms with van der Waals surface area (Å²) in [6.07, 6.45) is 3.29. The maximum Gasteiger partial charge on any atom is 0.338 e. The molecule has 0 fully saturated rings. The van der Waals surface area contributed by atoms with Crippen molar-refractivity contribution in [2.24, 2.45) is 5.92 Å². The second-order valence-corrected chi connectivity index (χ2v) is 3.91. The minimum Gasteiger partial charge on any atom is -0.513 e. The largest absolute Gasteiger partial charge is 0.513 e. The van der Waals surface area contributed by atoms with Crippen LogP contribution in [0.4, 0.5) is 0 Å². The van der Waals surface area contributed by atoms with Crippen molar-refractivity contribution in [2.75, 3.05) is 6.61 Å². The van der Waals surface area contributed by atoms with Crippen molar-refractivity contribution >= 4 is 5.97 Å². The molecule has 1 aliphatic rings. The number of aliphatic hydroxyl groups excluding tert-OH is 1. The lowest BCUT2D eigenvalue weighted by Gasteiger charge is -2.20. The Hall–Kier alpha value is -1.77. The zero-order chi connectivity index (χ0) is 11.4. The molecule has 1 aliphatic carbocycles. The van der Waals surface area contributed by atoms with E-state index in [0.717, 1.165) is 6.42 Å². The first-order valence-electron chi connectivity index (χ1n) is 5.37. The lowest BCUT2D eigenvalue weighted by molar-refractivity contribution is 0.0484. The van der Waals surface area contributed by atoms with Gasteiger partial charge in [0.2, 0.25) is 0 Å². The van der Waals surface area contributed by atoms with E-state index in [-0.39, 0.29) is 5.97 Å². The summed E-state index contributed by atoms with van der Waals surface area (Å²) in [5.41, 5.74) is 0.578. The average molecular weight is 218 g/mol. The first-order valence-corrected chi connectivity index (χ1v) is 5.37. The number of carbonyl (C=O) groups excluding carboxylic acids is 1. The molecular weight excluding hydrogens is 204 g/mol. The maximum absolute atomic E-state index is 11.5. The minimum absolute atomic E-state index is 0.284. The molecule has 1 atom stereocenters. The van der Waals surface area contributed by atoms with Crippen molar-refractivity contribution in [1.82, 2.24) is 0 Å². The highest BCUT2D eigenvalue weighted by Crippen LogP contribution is 2.26. The second kappa shape index (κ2) is 4.84. The summed E-state index contributed by atoms with van der Waals surface area (Å²) >= 11 is 0. The van der Waals surface area contributed by atoms with Crippen LogP contribution >= 0.6 is 0 Å². The molecule has 0 heterocycles. The smallest absolute Gasteiger partial charge is 0.338 e. The van der Waals surface area contributed by atoms with Gasteiger partial charge in [-0.1, -0.05) is 18.2 Å². The van der Waals surface area contributed by atoms with Crippen molar-refractivity contribution in [3.05, 3.63) is 47.7 Å². The topological polar surface area (TPSA) is 46.5 Å². The van der Waals surface area contributed by atoms with Crippen LogP contribution in [-0.2, 0) is 4.74 Å². The van der Waals surface area contributed by atoms with E-state index in [1.54, 1.807) is 18.2 Å². The number of rotatable bonds is 4. The van der Waals surface area contributed by atoms with Gasteiger partial charge in [-0.25, -0.2) is 4.79 Å². The van der Waals surface area contributed by atoms with Gasteiger partial charge >= 0.3 is 5.97 Å². The second-order valence-electron chi connectivity index (χ2n) is 3.91. The molecule has 1 N–H and O–H groups in total. The first-order chi connectivity index (χ1) is 7.75. The van der Waals surface area contributed by atoms with Crippen molar-refractivity contribution in [3.63, 3.8) is 0 Å². The summed E-state index contributed by atoms with van der Waals surface area (Å²) in [6, 6.07) is 8.94. The SMILES string of the molecule is O=C(OCCC1C=C(O)C1)c1ccccc1. The Morgan fingerprint density at radius 2 is 2.06 bits per heavy atom. The highest BCUT2D eigenvalue weighted by atomic mass is 16.5. The third-order valence-electron chi connectivity index (χ3n) is 2.63. The minimum atomic E-state index is -0.284. The van der Waals surface area contributed by atoms with E-state index in [1.807, 2.05) is 18.2 Å². The van der Waals surface area contributed by atoms with E-state index in [0.29, 0.717) is 30.3 Å². The molecule has 1 aromatic carbocycles. The van der Waals surface area contributed by atoms with Gasteiger partial charge in [0.25, 0.3) is 0 Å². The molecule has 0 amide bonds. The molecule has 3 nitrogen and oxygen atoms in total. The van der Waals surface area contributed by atoms with Crippen LogP contribution in [0.5, 0.6) is 0 Å². The maximum atomic E-state index is 11.5.